The molecule has 0 rings (SSSR count). The van der Waals surface area contributed by atoms with Gasteiger partial charge >= 0.3 is 0 Å². The second-order valence-corrected chi connectivity index (χ2v) is 7.05. The quantitative estimate of drug-likeness (QED) is 0.209. The molecule has 0 spiro atoms. The van der Waals surface area contributed by atoms with Crippen molar-refractivity contribution in [1.82, 2.24) is 4.90 Å². The van der Waals surface area contributed by atoms with Gasteiger partial charge in [0, 0.05) is 13.1 Å². The maximum atomic E-state index is 12.4. The first kappa shape index (κ1) is 23.2. The number of hydrogen-bond donors (Lipinski definition) is 0. The number of carbonyl (C=O) groups excluding carboxylic acids is 1. The van der Waals surface area contributed by atoms with Crippen LogP contribution in [-0.4, -0.2) is 23.9 Å². The van der Waals surface area contributed by atoms with Crippen LogP contribution in [0.5, 0.6) is 0 Å². The number of hydrogen-bond acceptors (Lipinski definition) is 1. The Hall–Kier alpha value is -0.790. The summed E-state index contributed by atoms with van der Waals surface area (Å²) in [6.07, 6.45) is 21.3. The first-order valence-corrected chi connectivity index (χ1v) is 10.7. The molecule has 0 aliphatic carbocycles. The molecule has 0 aromatic heterocycles. The molecule has 0 atom stereocenters. The van der Waals surface area contributed by atoms with Gasteiger partial charge in [-0.25, -0.2) is 0 Å². The average Bonchev–Trinajstić information content (AvgIpc) is 2.59. The summed E-state index contributed by atoms with van der Waals surface area (Å²) in [6.45, 7) is 8.58. The van der Waals surface area contributed by atoms with E-state index in [1.165, 1.54) is 70.6 Å². The van der Waals surface area contributed by atoms with E-state index in [0.29, 0.717) is 0 Å². The van der Waals surface area contributed by atoms with Crippen LogP contribution in [0, 0.1) is 0 Å². The van der Waals surface area contributed by atoms with Gasteiger partial charge in [-0.1, -0.05) is 91.1 Å². The second kappa shape index (κ2) is 18.5. The van der Waals surface area contributed by atoms with Gasteiger partial charge in [0.25, 0.3) is 0 Å². The summed E-state index contributed by atoms with van der Waals surface area (Å²) in [5.74, 6) is 0.233. The van der Waals surface area contributed by atoms with Crippen LogP contribution in [0.4, 0.5) is 0 Å². The standard InChI is InChI=1S/C22H43NO/c1-4-7-10-13-14-15-16-19-22(24)23(20-17-11-8-5-2)21-18-12-9-6-3/h16,19H,4-15,17-18,20-21H2,1-3H3/b19-16+. The first-order chi connectivity index (χ1) is 11.8. The Bertz CT molecular complexity index is 286. The lowest BCUT2D eigenvalue weighted by molar-refractivity contribution is -0.126. The molecular weight excluding hydrogens is 294 g/mol. The maximum absolute atomic E-state index is 12.4. The van der Waals surface area contributed by atoms with E-state index in [0.717, 1.165) is 32.4 Å². The zero-order valence-corrected chi connectivity index (χ0v) is 16.8. The van der Waals surface area contributed by atoms with Crippen LogP contribution in [-0.2, 0) is 4.79 Å². The van der Waals surface area contributed by atoms with Crippen molar-refractivity contribution in [3.05, 3.63) is 12.2 Å². The minimum absolute atomic E-state index is 0.233. The van der Waals surface area contributed by atoms with E-state index in [-0.39, 0.29) is 5.91 Å². The van der Waals surface area contributed by atoms with Crippen LogP contribution in [0.1, 0.15) is 111 Å². The molecule has 0 radical (unpaired) electrons. The summed E-state index contributed by atoms with van der Waals surface area (Å²) in [4.78, 5) is 14.5. The molecule has 0 saturated heterocycles. The average molecular weight is 338 g/mol. The van der Waals surface area contributed by atoms with Crippen molar-refractivity contribution in [2.45, 2.75) is 111 Å². The molecule has 142 valence electrons. The van der Waals surface area contributed by atoms with Gasteiger partial charge in [0.2, 0.25) is 5.91 Å². The van der Waals surface area contributed by atoms with Crippen molar-refractivity contribution in [3.63, 3.8) is 0 Å². The number of rotatable bonds is 17. The molecule has 2 heteroatoms. The fraction of sp³-hybridized carbons (Fsp3) is 0.864. The molecule has 0 saturated carbocycles. The monoisotopic (exact) mass is 337 g/mol. The number of carbonyl (C=O) groups is 1. The van der Waals surface area contributed by atoms with Gasteiger partial charge < -0.3 is 4.90 Å². The van der Waals surface area contributed by atoms with E-state index in [4.69, 9.17) is 0 Å². The van der Waals surface area contributed by atoms with Crippen LogP contribution in [0.3, 0.4) is 0 Å². The molecule has 0 aromatic rings. The molecule has 1 amide bonds. The Morgan fingerprint density at radius 2 is 1.12 bits per heavy atom. The fourth-order valence-corrected chi connectivity index (χ4v) is 2.95. The molecule has 0 aromatic carbocycles. The summed E-state index contributed by atoms with van der Waals surface area (Å²) in [5.41, 5.74) is 0. The van der Waals surface area contributed by atoms with Crippen LogP contribution in [0.25, 0.3) is 0 Å². The highest BCUT2D eigenvalue weighted by Crippen LogP contribution is 2.08. The Morgan fingerprint density at radius 1 is 0.667 bits per heavy atom. The molecule has 24 heavy (non-hydrogen) atoms. The molecule has 0 N–H and O–H groups in total. The molecule has 0 unspecified atom stereocenters. The normalized spacial score (nSPS) is 11.3. The predicted octanol–water partition coefficient (Wildman–Crippen LogP) is 6.89. The lowest BCUT2D eigenvalue weighted by atomic mass is 10.1. The van der Waals surface area contributed by atoms with E-state index < -0.39 is 0 Å². The Kier molecular flexibility index (Phi) is 17.9. The van der Waals surface area contributed by atoms with E-state index in [2.05, 4.69) is 31.7 Å². The van der Waals surface area contributed by atoms with Crippen molar-refractivity contribution in [1.29, 1.82) is 0 Å². The van der Waals surface area contributed by atoms with Gasteiger partial charge in [0.15, 0.2) is 0 Å². The topological polar surface area (TPSA) is 20.3 Å². The fourth-order valence-electron chi connectivity index (χ4n) is 2.95. The molecule has 0 aliphatic rings. The van der Waals surface area contributed by atoms with Crippen LogP contribution in [0.2, 0.25) is 0 Å². The summed E-state index contributed by atoms with van der Waals surface area (Å²) < 4.78 is 0. The van der Waals surface area contributed by atoms with Crippen molar-refractivity contribution in [2.75, 3.05) is 13.1 Å². The van der Waals surface area contributed by atoms with Gasteiger partial charge in [0.05, 0.1) is 0 Å². The molecule has 0 aliphatic heterocycles. The second-order valence-electron chi connectivity index (χ2n) is 7.05. The Balaban J connectivity index is 4.08. The van der Waals surface area contributed by atoms with Gasteiger partial charge in [-0.05, 0) is 31.8 Å². The minimum atomic E-state index is 0.233. The highest BCUT2D eigenvalue weighted by molar-refractivity contribution is 5.87. The molecule has 0 bridgehead atoms. The minimum Gasteiger partial charge on any atom is -0.339 e. The van der Waals surface area contributed by atoms with Gasteiger partial charge in [-0.2, -0.15) is 0 Å². The third kappa shape index (κ3) is 14.8. The Morgan fingerprint density at radius 3 is 1.62 bits per heavy atom. The maximum Gasteiger partial charge on any atom is 0.246 e. The van der Waals surface area contributed by atoms with E-state index in [1.807, 2.05) is 6.08 Å². The highest BCUT2D eigenvalue weighted by atomic mass is 16.2. The third-order valence-corrected chi connectivity index (χ3v) is 4.61. The first-order valence-electron chi connectivity index (χ1n) is 10.7. The van der Waals surface area contributed by atoms with E-state index in [1.54, 1.807) is 0 Å². The molecule has 2 nitrogen and oxygen atoms in total. The van der Waals surface area contributed by atoms with E-state index >= 15 is 0 Å². The number of unbranched alkanes of at least 4 members (excludes halogenated alkanes) is 11. The van der Waals surface area contributed by atoms with Crippen LogP contribution >= 0.6 is 0 Å². The predicted molar refractivity (Wildman–Crippen MR) is 107 cm³/mol. The number of allylic oxidation sites excluding steroid dienone is 1. The SMILES string of the molecule is CCCCCCC/C=C/C(=O)N(CCCCCC)CCCCCC. The molecule has 0 heterocycles. The van der Waals surface area contributed by atoms with Crippen molar-refractivity contribution >= 4 is 5.91 Å². The third-order valence-electron chi connectivity index (χ3n) is 4.61. The lowest BCUT2D eigenvalue weighted by Gasteiger charge is -2.21. The summed E-state index contributed by atoms with van der Waals surface area (Å²) >= 11 is 0. The Labute approximate surface area is 152 Å². The largest absolute Gasteiger partial charge is 0.339 e. The molecule has 0 fully saturated rings. The highest BCUT2D eigenvalue weighted by Gasteiger charge is 2.09. The lowest BCUT2D eigenvalue weighted by Crippen LogP contribution is -2.31. The van der Waals surface area contributed by atoms with Gasteiger partial charge in [0.1, 0.15) is 0 Å². The number of nitrogens with zero attached hydrogens (tertiary/aromatic N) is 1. The van der Waals surface area contributed by atoms with Crippen LogP contribution < -0.4 is 0 Å². The molecular formula is C22H43NO. The van der Waals surface area contributed by atoms with Gasteiger partial charge in [-0.3, -0.25) is 4.79 Å². The number of amides is 1. The van der Waals surface area contributed by atoms with E-state index in [9.17, 15) is 4.79 Å². The zero-order chi connectivity index (χ0) is 17.9. The van der Waals surface area contributed by atoms with Crippen LogP contribution in [0.15, 0.2) is 12.2 Å². The summed E-state index contributed by atoms with van der Waals surface area (Å²) in [7, 11) is 0. The van der Waals surface area contributed by atoms with Crippen molar-refractivity contribution in [2.24, 2.45) is 0 Å². The van der Waals surface area contributed by atoms with Crippen molar-refractivity contribution in [3.8, 4) is 0 Å². The zero-order valence-electron chi connectivity index (χ0n) is 16.8. The van der Waals surface area contributed by atoms with Gasteiger partial charge in [-0.15, -0.1) is 0 Å². The summed E-state index contributed by atoms with van der Waals surface area (Å²) in [6, 6.07) is 0. The van der Waals surface area contributed by atoms with Crippen molar-refractivity contribution < 1.29 is 4.79 Å². The smallest absolute Gasteiger partial charge is 0.246 e. The summed E-state index contributed by atoms with van der Waals surface area (Å²) in [5, 5.41) is 0.